The van der Waals surface area contributed by atoms with E-state index in [1.54, 1.807) is 0 Å². The highest BCUT2D eigenvalue weighted by molar-refractivity contribution is 4.04. The fourth-order valence-electron chi connectivity index (χ4n) is 0. The minimum absolute atomic E-state index is 1.25. The highest BCUT2D eigenvalue weighted by Gasteiger charge is 1.36. The monoisotopic (exact) mass is 196 g/mol. The third-order valence-electron chi connectivity index (χ3n) is 0. The molecule has 0 N–H and O–H groups in total. The van der Waals surface area contributed by atoms with Crippen LogP contribution in [0, 0.1) is 47.3 Å². The standard InChI is InChI=1S/2C3H8.4CHN/c2*1-3-2;4*1-2/h2*3H2,1-2H3;4*1H. The van der Waals surface area contributed by atoms with Gasteiger partial charge in [-0.2, -0.15) is 0 Å². The van der Waals surface area contributed by atoms with Crippen molar-refractivity contribution in [3.8, 4) is 26.3 Å². The second kappa shape index (κ2) is 680000. The van der Waals surface area contributed by atoms with E-state index >= 15 is 0 Å². The molecular formula is C10H20N4. The molecule has 14 heavy (non-hydrogen) atoms. The zero-order chi connectivity index (χ0) is 13.4. The van der Waals surface area contributed by atoms with Gasteiger partial charge in [0.25, 0.3) is 0 Å². The summed E-state index contributed by atoms with van der Waals surface area (Å²) in [6.45, 7) is 22.5. The quantitative estimate of drug-likeness (QED) is 0.593. The van der Waals surface area contributed by atoms with Gasteiger partial charge < -0.3 is 0 Å². The van der Waals surface area contributed by atoms with Crippen molar-refractivity contribution < 1.29 is 0 Å². The molecule has 80 valence electrons. The first-order valence-electron chi connectivity index (χ1n) is 3.86. The summed E-state index contributed by atoms with van der Waals surface area (Å²) < 4.78 is 0. The van der Waals surface area contributed by atoms with Crippen LogP contribution in [-0.4, -0.2) is 0 Å². The molecule has 0 spiro atoms. The van der Waals surface area contributed by atoms with Crippen LogP contribution >= 0.6 is 0 Å². The van der Waals surface area contributed by atoms with Crippen molar-refractivity contribution >= 4 is 0 Å². The van der Waals surface area contributed by atoms with Crippen LogP contribution in [0.3, 0.4) is 0 Å². The Bertz CT molecular complexity index is 73.7. The SMILES string of the molecule is C#N.C#N.C#N.C#N.CCC.CCC. The fraction of sp³-hybridized carbons (Fsp3) is 0.600. The van der Waals surface area contributed by atoms with Gasteiger partial charge in [-0.15, -0.1) is 0 Å². The average molecular weight is 196 g/mol. The summed E-state index contributed by atoms with van der Waals surface area (Å²) in [5.74, 6) is 0. The lowest BCUT2D eigenvalue weighted by Crippen LogP contribution is -1.27. The molecule has 0 aliphatic carbocycles. The van der Waals surface area contributed by atoms with Crippen LogP contribution < -0.4 is 0 Å². The van der Waals surface area contributed by atoms with Crippen LogP contribution in [-0.2, 0) is 0 Å². The Hall–Kier alpha value is -2.04. The van der Waals surface area contributed by atoms with Crippen molar-refractivity contribution in [1.29, 1.82) is 21.0 Å². The molecule has 0 aromatic carbocycles. The number of hydrogen-bond donors (Lipinski definition) is 0. The molecule has 0 fully saturated rings. The molecule has 0 heterocycles. The first kappa shape index (κ1) is 40.4. The number of hydrogen-bond acceptors (Lipinski definition) is 4. The van der Waals surface area contributed by atoms with Crippen LogP contribution in [0.2, 0.25) is 0 Å². The van der Waals surface area contributed by atoms with Crippen molar-refractivity contribution in [2.75, 3.05) is 0 Å². The molecule has 0 rings (SSSR count). The second-order valence-corrected chi connectivity index (χ2v) is 1.41. The lowest BCUT2D eigenvalue weighted by molar-refractivity contribution is 1.09. The van der Waals surface area contributed by atoms with E-state index in [-0.39, 0.29) is 0 Å². The molecule has 0 saturated heterocycles. The van der Waals surface area contributed by atoms with Crippen molar-refractivity contribution in [3.05, 3.63) is 0 Å². The fourth-order valence-corrected chi connectivity index (χ4v) is 0. The molecule has 0 aliphatic heterocycles. The summed E-state index contributed by atoms with van der Waals surface area (Å²) in [5, 5.41) is 26.0. The van der Waals surface area contributed by atoms with E-state index < -0.39 is 0 Å². The molecule has 0 aliphatic rings. The summed E-state index contributed by atoms with van der Waals surface area (Å²) in [7, 11) is 0. The maximum Gasteiger partial charge on any atom is 0.0462 e. The van der Waals surface area contributed by atoms with Crippen LogP contribution in [0.25, 0.3) is 0 Å². The Labute approximate surface area is 88.6 Å². The van der Waals surface area contributed by atoms with Gasteiger partial charge in [-0.05, 0) is 0 Å². The summed E-state index contributed by atoms with van der Waals surface area (Å²) in [5.41, 5.74) is 0. The Morgan fingerprint density at radius 2 is 0.500 bits per heavy atom. The van der Waals surface area contributed by atoms with E-state index in [9.17, 15) is 0 Å². The van der Waals surface area contributed by atoms with Crippen LogP contribution in [0.15, 0.2) is 0 Å². The van der Waals surface area contributed by atoms with Crippen molar-refractivity contribution in [1.82, 2.24) is 0 Å². The van der Waals surface area contributed by atoms with E-state index in [4.69, 9.17) is 21.0 Å². The van der Waals surface area contributed by atoms with Gasteiger partial charge >= 0.3 is 0 Å². The summed E-state index contributed by atoms with van der Waals surface area (Å²) in [4.78, 5) is 0. The van der Waals surface area contributed by atoms with Crippen molar-refractivity contribution in [2.45, 2.75) is 40.5 Å². The lowest BCUT2D eigenvalue weighted by atomic mass is 10.6. The third kappa shape index (κ3) is 192. The van der Waals surface area contributed by atoms with Crippen molar-refractivity contribution in [2.24, 2.45) is 0 Å². The molecule has 0 atom stereocenters. The molecule has 0 saturated carbocycles. The Kier molecular flexibility index (Phi) is 1960000. The van der Waals surface area contributed by atoms with E-state index in [2.05, 4.69) is 54.0 Å². The van der Waals surface area contributed by atoms with E-state index in [1.165, 1.54) is 12.8 Å². The maximum absolute atomic E-state index is 6.50. The molecule has 4 heteroatoms. The normalized spacial score (nSPS) is 3.14. The largest absolute Gasteiger partial charge is 0.202 e. The minimum Gasteiger partial charge on any atom is -0.202 e. The topological polar surface area (TPSA) is 95.2 Å². The predicted molar refractivity (Wildman–Crippen MR) is 58.6 cm³/mol. The van der Waals surface area contributed by atoms with E-state index in [0.717, 1.165) is 0 Å². The minimum atomic E-state index is 1.25. The molecular weight excluding hydrogens is 176 g/mol. The molecule has 0 unspecified atom stereocenters. The van der Waals surface area contributed by atoms with Gasteiger partial charge in [-0.1, -0.05) is 40.5 Å². The number of nitrogens with zero attached hydrogens (tertiary/aromatic N) is 4. The highest BCUT2D eigenvalue weighted by Crippen LogP contribution is 1.56. The maximum atomic E-state index is 6.50. The second-order valence-electron chi connectivity index (χ2n) is 1.41. The zero-order valence-electron chi connectivity index (χ0n) is 9.51. The number of nitriles is 4. The summed E-state index contributed by atoms with van der Waals surface area (Å²) in [6.07, 6.45) is 2.50. The van der Waals surface area contributed by atoms with Crippen LogP contribution in [0.5, 0.6) is 0 Å². The third-order valence-corrected chi connectivity index (χ3v) is 0. The highest BCUT2D eigenvalue weighted by atomic mass is 14.2. The van der Waals surface area contributed by atoms with Gasteiger partial charge in [0.1, 0.15) is 0 Å². The Morgan fingerprint density at radius 3 is 0.500 bits per heavy atom. The Morgan fingerprint density at radius 1 is 0.500 bits per heavy atom. The zero-order valence-corrected chi connectivity index (χ0v) is 9.51. The van der Waals surface area contributed by atoms with Gasteiger partial charge in [0, 0.05) is 26.3 Å². The molecule has 4 nitrogen and oxygen atoms in total. The first-order valence-corrected chi connectivity index (χ1v) is 3.86. The van der Waals surface area contributed by atoms with Crippen LogP contribution in [0.1, 0.15) is 40.5 Å². The molecule has 0 aromatic rings. The molecule has 0 bridgehead atoms. The summed E-state index contributed by atoms with van der Waals surface area (Å²) in [6, 6.07) is 0. The summed E-state index contributed by atoms with van der Waals surface area (Å²) >= 11 is 0. The van der Waals surface area contributed by atoms with Gasteiger partial charge in [0.2, 0.25) is 0 Å². The molecule has 0 radical (unpaired) electrons. The predicted octanol–water partition coefficient (Wildman–Crippen LogP) is 3.39. The Balaban J connectivity index is -0.0000000139. The van der Waals surface area contributed by atoms with Gasteiger partial charge in [0.15, 0.2) is 0 Å². The van der Waals surface area contributed by atoms with E-state index in [1.807, 2.05) is 0 Å². The van der Waals surface area contributed by atoms with Gasteiger partial charge in [-0.3, -0.25) is 0 Å². The van der Waals surface area contributed by atoms with E-state index in [0.29, 0.717) is 0 Å². The van der Waals surface area contributed by atoms with Crippen LogP contribution in [0.4, 0.5) is 0 Å². The first-order chi connectivity index (χ1) is 6.83. The smallest absolute Gasteiger partial charge is 0.0462 e. The lowest BCUT2D eigenvalue weighted by Gasteiger charge is -1.48. The average Bonchev–Trinajstić information content (AvgIpc) is 2.31. The van der Waals surface area contributed by atoms with Gasteiger partial charge in [-0.25, -0.2) is 21.0 Å². The molecule has 0 amide bonds. The van der Waals surface area contributed by atoms with Crippen molar-refractivity contribution in [3.63, 3.8) is 0 Å². The van der Waals surface area contributed by atoms with Gasteiger partial charge in [0.05, 0.1) is 0 Å². The number of rotatable bonds is 0. The molecule has 0 aromatic heterocycles.